The molecule has 1 aromatic carbocycles. The van der Waals surface area contributed by atoms with Gasteiger partial charge in [0.25, 0.3) is 0 Å². The molecule has 3 N–H and O–H groups in total. The van der Waals surface area contributed by atoms with Crippen LogP contribution in [0.4, 0.5) is 5.69 Å². The first-order valence-corrected chi connectivity index (χ1v) is 8.04. The molecule has 104 valence electrons. The minimum Gasteiger partial charge on any atom is -0.389 e. The van der Waals surface area contributed by atoms with Crippen LogP contribution >= 0.6 is 28.1 Å². The third-order valence-electron chi connectivity index (χ3n) is 4.03. The summed E-state index contributed by atoms with van der Waals surface area (Å²) in [6.07, 6.45) is 3.79. The zero-order valence-electron chi connectivity index (χ0n) is 11.4. The van der Waals surface area contributed by atoms with Crippen LogP contribution < -0.4 is 11.1 Å². The number of hydrogen-bond acceptors (Lipinski definition) is 2. The van der Waals surface area contributed by atoms with Gasteiger partial charge in [-0.25, -0.2) is 0 Å². The van der Waals surface area contributed by atoms with E-state index in [2.05, 4.69) is 41.2 Å². The van der Waals surface area contributed by atoms with Gasteiger partial charge in [0.15, 0.2) is 0 Å². The number of hydrogen-bond donors (Lipinski definition) is 2. The van der Waals surface area contributed by atoms with Crippen molar-refractivity contribution in [1.29, 1.82) is 0 Å². The van der Waals surface area contributed by atoms with Crippen LogP contribution in [0.1, 0.15) is 38.7 Å². The highest BCUT2D eigenvalue weighted by molar-refractivity contribution is 9.10. The van der Waals surface area contributed by atoms with E-state index in [1.807, 2.05) is 12.1 Å². The molecule has 2 nitrogen and oxygen atoms in total. The molecular weight excluding hydrogens is 320 g/mol. The van der Waals surface area contributed by atoms with E-state index >= 15 is 0 Å². The van der Waals surface area contributed by atoms with Crippen LogP contribution in [0, 0.1) is 11.8 Å². The Balaban J connectivity index is 2.19. The Hall–Kier alpha value is -0.610. The maximum Gasteiger partial charge on any atom is 0.107 e. The molecule has 0 heterocycles. The predicted octanol–water partition coefficient (Wildman–Crippen LogP) is 4.32. The van der Waals surface area contributed by atoms with Gasteiger partial charge in [-0.1, -0.05) is 32.1 Å². The summed E-state index contributed by atoms with van der Waals surface area (Å²) in [4.78, 5) is 0.437. The van der Waals surface area contributed by atoms with Gasteiger partial charge in [0.05, 0.1) is 0 Å². The van der Waals surface area contributed by atoms with Gasteiger partial charge in [0.1, 0.15) is 4.99 Å². The van der Waals surface area contributed by atoms with Gasteiger partial charge in [-0.3, -0.25) is 0 Å². The van der Waals surface area contributed by atoms with Crippen LogP contribution in [-0.2, 0) is 0 Å². The van der Waals surface area contributed by atoms with Crippen molar-refractivity contribution in [3.8, 4) is 0 Å². The number of nitrogens with one attached hydrogen (secondary N) is 1. The highest BCUT2D eigenvalue weighted by atomic mass is 79.9. The third kappa shape index (κ3) is 3.48. The Bertz CT molecular complexity index is 475. The lowest BCUT2D eigenvalue weighted by molar-refractivity contribution is 0.276. The van der Waals surface area contributed by atoms with Gasteiger partial charge in [-0.05, 0) is 59.2 Å². The van der Waals surface area contributed by atoms with E-state index < -0.39 is 0 Å². The van der Waals surface area contributed by atoms with Crippen LogP contribution in [-0.4, -0.2) is 11.0 Å². The molecule has 0 amide bonds. The van der Waals surface area contributed by atoms with E-state index in [0.717, 1.165) is 21.6 Å². The largest absolute Gasteiger partial charge is 0.389 e. The van der Waals surface area contributed by atoms with Crippen LogP contribution in [0.5, 0.6) is 0 Å². The average molecular weight is 341 g/mol. The summed E-state index contributed by atoms with van der Waals surface area (Å²) in [5.74, 6) is 1.52. The monoisotopic (exact) mass is 340 g/mol. The topological polar surface area (TPSA) is 38.0 Å². The number of thiocarbonyl (C=S) groups is 1. The Morgan fingerprint density at radius 1 is 1.37 bits per heavy atom. The second kappa shape index (κ2) is 6.23. The summed E-state index contributed by atoms with van der Waals surface area (Å²) < 4.78 is 0.960. The van der Waals surface area contributed by atoms with Crippen molar-refractivity contribution in [2.45, 2.75) is 39.2 Å². The number of benzene rings is 1. The molecular formula is C15H21BrN2S. The molecule has 1 fully saturated rings. The molecule has 19 heavy (non-hydrogen) atoms. The Labute approximate surface area is 129 Å². The van der Waals surface area contributed by atoms with Gasteiger partial charge < -0.3 is 11.1 Å². The van der Waals surface area contributed by atoms with Crippen molar-refractivity contribution < 1.29 is 0 Å². The van der Waals surface area contributed by atoms with E-state index in [0.29, 0.717) is 16.9 Å². The number of rotatable bonds is 3. The normalized spacial score (nSPS) is 27.0. The second-order valence-corrected chi connectivity index (χ2v) is 6.97. The third-order valence-corrected chi connectivity index (χ3v) is 4.90. The van der Waals surface area contributed by atoms with Crippen LogP contribution in [0.15, 0.2) is 22.7 Å². The average Bonchev–Trinajstić information content (AvgIpc) is 2.32. The van der Waals surface area contributed by atoms with E-state index in [4.69, 9.17) is 18.0 Å². The maximum atomic E-state index is 5.84. The van der Waals surface area contributed by atoms with Crippen molar-refractivity contribution in [3.63, 3.8) is 0 Å². The SMILES string of the molecule is CC1CCC(Nc2cccc(Br)c2C(N)=S)C(C)C1. The van der Waals surface area contributed by atoms with Gasteiger partial charge in [0.2, 0.25) is 0 Å². The van der Waals surface area contributed by atoms with Crippen molar-refractivity contribution >= 4 is 38.8 Å². The highest BCUT2D eigenvalue weighted by Gasteiger charge is 2.26. The van der Waals surface area contributed by atoms with E-state index in [1.54, 1.807) is 0 Å². The summed E-state index contributed by atoms with van der Waals surface area (Å²) >= 11 is 8.69. The summed E-state index contributed by atoms with van der Waals surface area (Å²) in [6, 6.07) is 6.57. The Morgan fingerprint density at radius 3 is 2.74 bits per heavy atom. The van der Waals surface area contributed by atoms with Gasteiger partial charge in [-0.15, -0.1) is 0 Å². The predicted molar refractivity (Wildman–Crippen MR) is 89.6 cm³/mol. The second-order valence-electron chi connectivity index (χ2n) is 5.67. The number of nitrogens with two attached hydrogens (primary N) is 1. The van der Waals surface area contributed by atoms with Crippen LogP contribution in [0.3, 0.4) is 0 Å². The molecule has 0 bridgehead atoms. The van der Waals surface area contributed by atoms with Gasteiger partial charge in [-0.2, -0.15) is 0 Å². The van der Waals surface area contributed by atoms with Crippen LogP contribution in [0.2, 0.25) is 0 Å². The maximum absolute atomic E-state index is 5.84. The molecule has 1 aliphatic carbocycles. The fourth-order valence-electron chi connectivity index (χ4n) is 2.97. The lowest BCUT2D eigenvalue weighted by atomic mass is 9.80. The smallest absolute Gasteiger partial charge is 0.107 e. The zero-order valence-corrected chi connectivity index (χ0v) is 13.9. The highest BCUT2D eigenvalue weighted by Crippen LogP contribution is 2.33. The zero-order chi connectivity index (χ0) is 14.0. The molecule has 4 heteroatoms. The summed E-state index contributed by atoms with van der Waals surface area (Å²) in [7, 11) is 0. The molecule has 0 radical (unpaired) electrons. The molecule has 0 spiro atoms. The molecule has 0 aliphatic heterocycles. The molecule has 1 aromatic rings. The van der Waals surface area contributed by atoms with E-state index in [-0.39, 0.29) is 0 Å². The van der Waals surface area contributed by atoms with Gasteiger partial charge >= 0.3 is 0 Å². The minimum atomic E-state index is 0.437. The fourth-order valence-corrected chi connectivity index (χ4v) is 3.91. The first-order chi connectivity index (χ1) is 8.99. The molecule has 0 saturated heterocycles. The lowest BCUT2D eigenvalue weighted by Gasteiger charge is -2.34. The molecule has 2 rings (SSSR count). The number of halogens is 1. The standard InChI is InChI=1S/C15H21BrN2S/c1-9-6-7-12(10(2)8-9)18-13-5-3-4-11(16)14(13)15(17)19/h3-5,9-10,12,18H,6-8H2,1-2H3,(H2,17,19). The molecule has 3 atom stereocenters. The Kier molecular flexibility index (Phi) is 4.85. The van der Waals surface area contributed by atoms with Crippen LogP contribution in [0.25, 0.3) is 0 Å². The summed E-state index contributed by atoms with van der Waals surface area (Å²) in [5.41, 5.74) is 7.81. The molecule has 3 unspecified atom stereocenters. The lowest BCUT2D eigenvalue weighted by Crippen LogP contribution is -2.33. The van der Waals surface area contributed by atoms with Crippen molar-refractivity contribution in [3.05, 3.63) is 28.2 Å². The molecule has 1 aliphatic rings. The van der Waals surface area contributed by atoms with E-state index in [9.17, 15) is 0 Å². The minimum absolute atomic E-state index is 0.437. The van der Waals surface area contributed by atoms with Crippen molar-refractivity contribution in [2.75, 3.05) is 5.32 Å². The quantitative estimate of drug-likeness (QED) is 0.804. The summed E-state index contributed by atoms with van der Waals surface area (Å²) in [5, 5.41) is 3.64. The fraction of sp³-hybridized carbons (Fsp3) is 0.533. The first-order valence-electron chi connectivity index (χ1n) is 6.84. The van der Waals surface area contributed by atoms with E-state index in [1.165, 1.54) is 19.3 Å². The summed E-state index contributed by atoms with van der Waals surface area (Å²) in [6.45, 7) is 4.66. The molecule has 0 aromatic heterocycles. The van der Waals surface area contributed by atoms with Crippen molar-refractivity contribution in [1.82, 2.24) is 0 Å². The van der Waals surface area contributed by atoms with Crippen molar-refractivity contribution in [2.24, 2.45) is 17.6 Å². The Morgan fingerprint density at radius 2 is 2.11 bits per heavy atom. The number of anilines is 1. The molecule has 1 saturated carbocycles. The first kappa shape index (κ1) is 14.8. The van der Waals surface area contributed by atoms with Gasteiger partial charge in [0, 0.05) is 21.8 Å².